The Hall–Kier alpha value is -0.393. The van der Waals surface area contributed by atoms with Crippen molar-refractivity contribution in [3.05, 3.63) is 0 Å². The molecule has 0 heterocycles. The van der Waals surface area contributed by atoms with E-state index in [1.54, 1.807) is 0 Å². The molecule has 0 saturated heterocycles. The van der Waals surface area contributed by atoms with Crippen molar-refractivity contribution in [3.63, 3.8) is 0 Å². The van der Waals surface area contributed by atoms with Crippen LogP contribution in [0.5, 0.6) is 0 Å². The summed E-state index contributed by atoms with van der Waals surface area (Å²) < 4.78 is 12.1. The third kappa shape index (κ3) is 7.24. The second-order valence-corrected chi connectivity index (χ2v) is 14.4. The van der Waals surface area contributed by atoms with Crippen molar-refractivity contribution in [2.75, 3.05) is 13.2 Å². The molecule has 0 aromatic heterocycles. The predicted octanol–water partition coefficient (Wildman–Crippen LogP) is 4.62. The van der Waals surface area contributed by atoms with Gasteiger partial charge in [-0.15, -0.1) is 0 Å². The zero-order valence-corrected chi connectivity index (χ0v) is 18.5. The quantitative estimate of drug-likeness (QED) is 0.507. The van der Waals surface area contributed by atoms with E-state index in [1.165, 1.54) is 0 Å². The Morgan fingerprint density at radius 2 is 1.54 bits per heavy atom. The van der Waals surface area contributed by atoms with Crippen molar-refractivity contribution in [1.82, 2.24) is 0 Å². The predicted molar refractivity (Wildman–Crippen MR) is 103 cm³/mol. The van der Waals surface area contributed by atoms with Gasteiger partial charge in [0, 0.05) is 12.5 Å². The topological polar surface area (TPSA) is 55.8 Å². The lowest BCUT2D eigenvalue weighted by atomic mass is 9.91. The molecule has 24 heavy (non-hydrogen) atoms. The SMILES string of the molecule is C[C@H](COC(=O)C(C)(C)C)[C@@H](O[Si](C)(C)C(C)(C)C)[C@@H](C)CCO. The van der Waals surface area contributed by atoms with Crippen LogP contribution in [0.3, 0.4) is 0 Å². The Labute approximate surface area is 150 Å². The largest absolute Gasteiger partial charge is 0.465 e. The minimum atomic E-state index is -1.94. The first kappa shape index (κ1) is 23.6. The van der Waals surface area contributed by atoms with E-state index >= 15 is 0 Å². The first-order chi connectivity index (χ1) is 10.6. The highest BCUT2D eigenvalue weighted by atomic mass is 28.4. The third-order valence-corrected chi connectivity index (χ3v) is 9.51. The molecule has 144 valence electrons. The van der Waals surface area contributed by atoms with Crippen LogP contribution < -0.4 is 0 Å². The molecular formula is C19H40O4Si. The molecule has 0 amide bonds. The van der Waals surface area contributed by atoms with Gasteiger partial charge in [0.15, 0.2) is 8.32 Å². The molecule has 0 aliphatic heterocycles. The van der Waals surface area contributed by atoms with E-state index in [-0.39, 0.29) is 35.6 Å². The smallest absolute Gasteiger partial charge is 0.311 e. The maximum atomic E-state index is 12.0. The minimum absolute atomic E-state index is 0.0224. The zero-order valence-electron chi connectivity index (χ0n) is 17.5. The molecule has 0 aromatic rings. The van der Waals surface area contributed by atoms with E-state index < -0.39 is 13.7 Å². The van der Waals surface area contributed by atoms with Crippen LogP contribution in [-0.4, -0.2) is 38.7 Å². The Bertz CT molecular complexity index is 393. The van der Waals surface area contributed by atoms with Crippen LogP contribution in [0.25, 0.3) is 0 Å². The zero-order chi connectivity index (χ0) is 19.3. The molecule has 0 radical (unpaired) electrons. The van der Waals surface area contributed by atoms with Gasteiger partial charge in [-0.05, 0) is 51.2 Å². The fourth-order valence-corrected chi connectivity index (χ4v) is 3.70. The number of esters is 1. The first-order valence-corrected chi connectivity index (χ1v) is 12.0. The molecule has 0 spiro atoms. The molecule has 0 aromatic carbocycles. The number of hydrogen-bond donors (Lipinski definition) is 1. The number of aliphatic hydroxyl groups excluding tert-OH is 1. The van der Waals surface area contributed by atoms with Crippen LogP contribution in [0.4, 0.5) is 0 Å². The lowest BCUT2D eigenvalue weighted by molar-refractivity contribution is -0.155. The molecule has 4 nitrogen and oxygen atoms in total. The van der Waals surface area contributed by atoms with Crippen molar-refractivity contribution in [1.29, 1.82) is 0 Å². The van der Waals surface area contributed by atoms with Gasteiger partial charge in [-0.3, -0.25) is 4.79 Å². The summed E-state index contributed by atoms with van der Waals surface area (Å²) in [4.78, 5) is 12.0. The second-order valence-electron chi connectivity index (χ2n) is 9.66. The maximum Gasteiger partial charge on any atom is 0.311 e. The molecule has 0 aliphatic rings. The molecule has 0 rings (SSSR count). The number of rotatable bonds is 8. The molecule has 0 unspecified atom stereocenters. The van der Waals surface area contributed by atoms with Crippen molar-refractivity contribution in [3.8, 4) is 0 Å². The van der Waals surface area contributed by atoms with Gasteiger partial charge >= 0.3 is 5.97 Å². The maximum absolute atomic E-state index is 12.0. The van der Waals surface area contributed by atoms with E-state index in [9.17, 15) is 9.90 Å². The van der Waals surface area contributed by atoms with Gasteiger partial charge in [0.05, 0.1) is 18.1 Å². The molecule has 0 saturated carbocycles. The van der Waals surface area contributed by atoms with E-state index in [4.69, 9.17) is 9.16 Å². The highest BCUT2D eigenvalue weighted by Gasteiger charge is 2.41. The summed E-state index contributed by atoms with van der Waals surface area (Å²) in [5.41, 5.74) is -0.494. The van der Waals surface area contributed by atoms with Crippen molar-refractivity contribution < 1.29 is 19.1 Å². The lowest BCUT2D eigenvalue weighted by Crippen LogP contribution is -2.48. The Kier molecular flexibility index (Phi) is 8.67. The van der Waals surface area contributed by atoms with Crippen molar-refractivity contribution in [2.45, 2.75) is 86.0 Å². The standard InChI is InChI=1S/C19H40O4Si/c1-14(11-12-20)16(23-24(9,10)19(6,7)8)15(2)13-22-17(21)18(3,4)5/h14-16,20H,11-13H2,1-10H3/t14-,15+,16-/m0/s1. The van der Waals surface area contributed by atoms with Gasteiger partial charge in [-0.2, -0.15) is 0 Å². The number of aliphatic hydroxyl groups is 1. The summed E-state index contributed by atoms with van der Waals surface area (Å²) in [6.45, 7) is 21.4. The Balaban J connectivity index is 5.11. The third-order valence-electron chi connectivity index (χ3n) is 5.03. The van der Waals surface area contributed by atoms with Crippen LogP contribution in [0.2, 0.25) is 18.1 Å². The lowest BCUT2D eigenvalue weighted by Gasteiger charge is -2.42. The second kappa shape index (κ2) is 8.81. The average Bonchev–Trinajstić information content (AvgIpc) is 2.39. The van der Waals surface area contributed by atoms with Crippen LogP contribution >= 0.6 is 0 Å². The molecular weight excluding hydrogens is 320 g/mol. The summed E-state index contributed by atoms with van der Waals surface area (Å²) in [6.07, 6.45) is 0.669. The monoisotopic (exact) mass is 360 g/mol. The van der Waals surface area contributed by atoms with E-state index in [1.807, 2.05) is 20.8 Å². The highest BCUT2D eigenvalue weighted by molar-refractivity contribution is 6.74. The normalized spacial score (nSPS) is 17.3. The van der Waals surface area contributed by atoms with E-state index in [0.29, 0.717) is 13.0 Å². The van der Waals surface area contributed by atoms with Crippen molar-refractivity contribution in [2.24, 2.45) is 17.3 Å². The minimum Gasteiger partial charge on any atom is -0.465 e. The van der Waals surface area contributed by atoms with Crippen LogP contribution in [0.15, 0.2) is 0 Å². The van der Waals surface area contributed by atoms with Gasteiger partial charge < -0.3 is 14.3 Å². The fourth-order valence-electron chi connectivity index (χ4n) is 2.20. The molecule has 3 atom stereocenters. The van der Waals surface area contributed by atoms with Gasteiger partial charge in [0.25, 0.3) is 0 Å². The van der Waals surface area contributed by atoms with Gasteiger partial charge in [-0.25, -0.2) is 0 Å². The van der Waals surface area contributed by atoms with Crippen molar-refractivity contribution >= 4 is 14.3 Å². The molecule has 1 N–H and O–H groups in total. The first-order valence-electron chi connectivity index (χ1n) is 9.09. The summed E-state index contributed by atoms with van der Waals surface area (Å²) in [6, 6.07) is 0. The average molecular weight is 361 g/mol. The van der Waals surface area contributed by atoms with Gasteiger partial charge in [0.2, 0.25) is 0 Å². The Morgan fingerprint density at radius 1 is 1.04 bits per heavy atom. The van der Waals surface area contributed by atoms with Crippen LogP contribution in [0, 0.1) is 17.3 Å². The molecule has 5 heteroatoms. The molecule has 0 fully saturated rings. The summed E-state index contributed by atoms with van der Waals surface area (Å²) in [5.74, 6) is 0.120. The van der Waals surface area contributed by atoms with Crippen LogP contribution in [-0.2, 0) is 14.0 Å². The molecule has 0 aliphatic carbocycles. The van der Waals surface area contributed by atoms with E-state index in [0.717, 1.165) is 0 Å². The summed E-state index contributed by atoms with van der Waals surface area (Å²) >= 11 is 0. The number of ether oxygens (including phenoxy) is 1. The number of hydrogen-bond acceptors (Lipinski definition) is 4. The fraction of sp³-hybridized carbons (Fsp3) is 0.947. The summed E-state index contributed by atoms with van der Waals surface area (Å²) in [7, 11) is -1.94. The van der Waals surface area contributed by atoms with Gasteiger partial charge in [0.1, 0.15) is 0 Å². The Morgan fingerprint density at radius 3 is 1.92 bits per heavy atom. The van der Waals surface area contributed by atoms with E-state index in [2.05, 4.69) is 47.7 Å². The van der Waals surface area contributed by atoms with Crippen LogP contribution in [0.1, 0.15) is 61.8 Å². The highest BCUT2D eigenvalue weighted by Crippen LogP contribution is 2.39. The summed E-state index contributed by atoms with van der Waals surface area (Å²) in [5, 5.41) is 9.44. The van der Waals surface area contributed by atoms with Gasteiger partial charge in [-0.1, -0.05) is 34.6 Å². The molecule has 0 bridgehead atoms. The number of carbonyl (C=O) groups excluding carboxylic acids is 1. The number of carbonyl (C=O) groups is 1.